The second-order valence-electron chi connectivity index (χ2n) is 5.44. The Morgan fingerprint density at radius 1 is 1.14 bits per heavy atom. The quantitative estimate of drug-likeness (QED) is 0.842. The van der Waals surface area contributed by atoms with Crippen molar-refractivity contribution in [2.24, 2.45) is 0 Å². The molecule has 0 aliphatic heterocycles. The fourth-order valence-corrected chi connectivity index (χ4v) is 3.21. The van der Waals surface area contributed by atoms with Crippen LogP contribution in [-0.2, 0) is 0 Å². The van der Waals surface area contributed by atoms with E-state index in [9.17, 15) is 4.39 Å². The monoisotopic (exact) mass is 349 g/mol. The largest absolute Gasteiger partial charge is 0.497 e. The van der Waals surface area contributed by atoms with Crippen molar-refractivity contribution in [1.82, 2.24) is 0 Å². The Morgan fingerprint density at radius 2 is 1.86 bits per heavy atom. The second-order valence-corrected chi connectivity index (χ2v) is 6.36. The highest BCUT2D eigenvalue weighted by Crippen LogP contribution is 2.39. The molecular weight excluding hydrogens is 333 g/mol. The average Bonchev–Trinajstić information content (AvgIpc) is 2.43. The van der Waals surface area contributed by atoms with Crippen molar-refractivity contribution >= 4 is 21.6 Å². The van der Waals surface area contributed by atoms with Gasteiger partial charge in [-0.05, 0) is 48.6 Å². The maximum Gasteiger partial charge on any atom is 0.123 e. The number of hydrogen-bond acceptors (Lipinski definition) is 2. The van der Waals surface area contributed by atoms with Crippen LogP contribution in [0.2, 0.25) is 0 Å². The van der Waals surface area contributed by atoms with E-state index in [2.05, 4.69) is 21.2 Å². The predicted octanol–water partition coefficient (Wildman–Crippen LogP) is 4.95. The smallest absolute Gasteiger partial charge is 0.123 e. The van der Waals surface area contributed by atoms with Crippen molar-refractivity contribution in [2.75, 3.05) is 12.4 Å². The summed E-state index contributed by atoms with van der Waals surface area (Å²) in [6.07, 6.45) is 2.14. The molecule has 2 nitrogen and oxygen atoms in total. The van der Waals surface area contributed by atoms with E-state index in [4.69, 9.17) is 4.74 Å². The SMILES string of the molecule is COc1cc(Br)cc(NC2CC(c3ccc(F)cc3)C2)c1. The van der Waals surface area contributed by atoms with Crippen LogP contribution < -0.4 is 10.1 Å². The molecule has 1 aliphatic carbocycles. The number of halogens is 2. The first-order valence-electron chi connectivity index (χ1n) is 7.00. The molecular formula is C17H17BrFNO. The van der Waals surface area contributed by atoms with Gasteiger partial charge in [0.25, 0.3) is 0 Å². The molecule has 21 heavy (non-hydrogen) atoms. The lowest BCUT2D eigenvalue weighted by atomic mass is 9.76. The summed E-state index contributed by atoms with van der Waals surface area (Å²) in [6.45, 7) is 0. The summed E-state index contributed by atoms with van der Waals surface area (Å²) < 4.78 is 19.2. The summed E-state index contributed by atoms with van der Waals surface area (Å²) in [7, 11) is 1.67. The van der Waals surface area contributed by atoms with Crippen LogP contribution in [0.3, 0.4) is 0 Å². The molecule has 2 aromatic rings. The third-order valence-corrected chi connectivity index (χ3v) is 4.42. The molecule has 1 N–H and O–H groups in total. The van der Waals surface area contributed by atoms with Gasteiger partial charge in [-0.2, -0.15) is 0 Å². The molecule has 0 heterocycles. The number of methoxy groups -OCH3 is 1. The van der Waals surface area contributed by atoms with Gasteiger partial charge >= 0.3 is 0 Å². The molecule has 0 amide bonds. The van der Waals surface area contributed by atoms with E-state index >= 15 is 0 Å². The lowest BCUT2D eigenvalue weighted by Gasteiger charge is -2.37. The number of hydrogen-bond donors (Lipinski definition) is 1. The zero-order chi connectivity index (χ0) is 14.8. The van der Waals surface area contributed by atoms with E-state index in [1.54, 1.807) is 7.11 Å². The summed E-state index contributed by atoms with van der Waals surface area (Å²) >= 11 is 3.48. The third kappa shape index (κ3) is 3.38. The third-order valence-electron chi connectivity index (χ3n) is 3.96. The van der Waals surface area contributed by atoms with Crippen LogP contribution >= 0.6 is 15.9 Å². The minimum Gasteiger partial charge on any atom is -0.497 e. The van der Waals surface area contributed by atoms with E-state index in [-0.39, 0.29) is 5.82 Å². The van der Waals surface area contributed by atoms with Crippen molar-refractivity contribution < 1.29 is 9.13 Å². The summed E-state index contributed by atoms with van der Waals surface area (Å²) in [4.78, 5) is 0. The lowest BCUT2D eigenvalue weighted by Crippen LogP contribution is -2.33. The van der Waals surface area contributed by atoms with Crippen LogP contribution in [-0.4, -0.2) is 13.2 Å². The molecule has 1 aliphatic rings. The minimum atomic E-state index is -0.172. The highest BCUT2D eigenvalue weighted by atomic mass is 79.9. The van der Waals surface area contributed by atoms with E-state index in [1.807, 2.05) is 30.3 Å². The Morgan fingerprint density at radius 3 is 2.52 bits per heavy atom. The highest BCUT2D eigenvalue weighted by Gasteiger charge is 2.30. The molecule has 1 saturated carbocycles. The summed E-state index contributed by atoms with van der Waals surface area (Å²) in [5.74, 6) is 1.19. The van der Waals surface area contributed by atoms with Gasteiger partial charge in [0.2, 0.25) is 0 Å². The number of anilines is 1. The Balaban J connectivity index is 1.59. The molecule has 0 atom stereocenters. The lowest BCUT2D eigenvalue weighted by molar-refractivity contribution is 0.373. The summed E-state index contributed by atoms with van der Waals surface area (Å²) in [6, 6.07) is 13.3. The second kappa shape index (κ2) is 6.06. The number of benzene rings is 2. The average molecular weight is 350 g/mol. The molecule has 0 radical (unpaired) electrons. The van der Waals surface area contributed by atoms with E-state index in [0.29, 0.717) is 12.0 Å². The van der Waals surface area contributed by atoms with Crippen LogP contribution in [0.1, 0.15) is 24.3 Å². The zero-order valence-corrected chi connectivity index (χ0v) is 13.4. The van der Waals surface area contributed by atoms with Gasteiger partial charge < -0.3 is 10.1 Å². The fraction of sp³-hybridized carbons (Fsp3) is 0.294. The molecule has 3 rings (SSSR count). The molecule has 0 unspecified atom stereocenters. The number of nitrogens with one attached hydrogen (secondary N) is 1. The van der Waals surface area contributed by atoms with Crippen LogP contribution in [0.4, 0.5) is 10.1 Å². The van der Waals surface area contributed by atoms with Crippen LogP contribution in [0, 0.1) is 5.82 Å². The molecule has 0 saturated heterocycles. The first-order valence-corrected chi connectivity index (χ1v) is 7.80. The van der Waals surface area contributed by atoms with Crippen LogP contribution in [0.15, 0.2) is 46.9 Å². The molecule has 110 valence electrons. The fourth-order valence-electron chi connectivity index (χ4n) is 2.74. The predicted molar refractivity (Wildman–Crippen MR) is 86.5 cm³/mol. The van der Waals surface area contributed by atoms with Gasteiger partial charge in [-0.1, -0.05) is 28.1 Å². The first-order chi connectivity index (χ1) is 10.1. The Labute approximate surface area is 132 Å². The molecule has 4 heteroatoms. The van der Waals surface area contributed by atoms with Gasteiger partial charge in [0.15, 0.2) is 0 Å². The summed E-state index contributed by atoms with van der Waals surface area (Å²) in [5, 5.41) is 3.52. The highest BCUT2D eigenvalue weighted by molar-refractivity contribution is 9.10. The van der Waals surface area contributed by atoms with Crippen molar-refractivity contribution in [2.45, 2.75) is 24.8 Å². The molecule has 2 aromatic carbocycles. The van der Waals surface area contributed by atoms with E-state index in [0.717, 1.165) is 28.8 Å². The minimum absolute atomic E-state index is 0.172. The number of ether oxygens (including phenoxy) is 1. The zero-order valence-electron chi connectivity index (χ0n) is 11.8. The molecule has 0 aromatic heterocycles. The summed E-state index contributed by atoms with van der Waals surface area (Å²) in [5.41, 5.74) is 2.28. The molecule has 1 fully saturated rings. The molecule has 0 spiro atoms. The maximum absolute atomic E-state index is 12.9. The normalized spacial score (nSPS) is 20.7. The van der Waals surface area contributed by atoms with Gasteiger partial charge in [-0.15, -0.1) is 0 Å². The van der Waals surface area contributed by atoms with Gasteiger partial charge in [0, 0.05) is 22.3 Å². The Kier molecular flexibility index (Phi) is 4.15. The van der Waals surface area contributed by atoms with Crippen molar-refractivity contribution in [3.63, 3.8) is 0 Å². The Bertz CT molecular complexity index is 623. The van der Waals surface area contributed by atoms with Crippen molar-refractivity contribution in [1.29, 1.82) is 0 Å². The maximum atomic E-state index is 12.9. The molecule has 0 bridgehead atoms. The topological polar surface area (TPSA) is 21.3 Å². The van der Waals surface area contributed by atoms with Crippen LogP contribution in [0.25, 0.3) is 0 Å². The van der Waals surface area contributed by atoms with Crippen LogP contribution in [0.5, 0.6) is 5.75 Å². The Hall–Kier alpha value is -1.55. The van der Waals surface area contributed by atoms with Crippen molar-refractivity contribution in [3.05, 3.63) is 58.3 Å². The van der Waals surface area contributed by atoms with Crippen molar-refractivity contribution in [3.8, 4) is 5.75 Å². The van der Waals surface area contributed by atoms with Gasteiger partial charge in [-0.25, -0.2) is 4.39 Å². The van der Waals surface area contributed by atoms with E-state index < -0.39 is 0 Å². The van der Waals surface area contributed by atoms with Gasteiger partial charge in [0.05, 0.1) is 7.11 Å². The standard InChI is InChI=1S/C17H17BrFNO/c1-21-17-9-13(18)8-16(10-17)20-15-6-12(7-15)11-2-4-14(19)5-3-11/h2-5,8-10,12,15,20H,6-7H2,1H3. The van der Waals surface area contributed by atoms with Gasteiger partial charge in [0.1, 0.15) is 11.6 Å². The number of rotatable bonds is 4. The van der Waals surface area contributed by atoms with E-state index in [1.165, 1.54) is 17.7 Å². The first kappa shape index (κ1) is 14.4. The van der Waals surface area contributed by atoms with Gasteiger partial charge in [-0.3, -0.25) is 0 Å².